The average molecular weight is 356 g/mol. The summed E-state index contributed by atoms with van der Waals surface area (Å²) in [6, 6.07) is 7.78. The SMILES string of the molecule is Cn1cncc1C(=O)N1CCCN(CC2COc3ccccc3O2)CC1. The molecule has 7 nitrogen and oxygen atoms in total. The van der Waals surface area contributed by atoms with Gasteiger partial charge in [0.25, 0.3) is 5.91 Å². The molecule has 1 unspecified atom stereocenters. The van der Waals surface area contributed by atoms with Gasteiger partial charge in [0.15, 0.2) is 11.5 Å². The van der Waals surface area contributed by atoms with Crippen LogP contribution in [0.3, 0.4) is 0 Å². The molecular weight excluding hydrogens is 332 g/mol. The summed E-state index contributed by atoms with van der Waals surface area (Å²) in [4.78, 5) is 21.0. The molecule has 0 bridgehead atoms. The number of imidazole rings is 1. The Morgan fingerprint density at radius 3 is 2.85 bits per heavy atom. The van der Waals surface area contributed by atoms with Gasteiger partial charge < -0.3 is 18.9 Å². The van der Waals surface area contributed by atoms with Gasteiger partial charge in [-0.3, -0.25) is 9.69 Å². The second-order valence-corrected chi connectivity index (χ2v) is 6.83. The molecule has 1 aromatic carbocycles. The molecule has 138 valence electrons. The fraction of sp³-hybridized carbons (Fsp3) is 0.474. The fourth-order valence-electron chi connectivity index (χ4n) is 3.52. The molecule has 0 aliphatic carbocycles. The third-order valence-electron chi connectivity index (χ3n) is 4.94. The maximum atomic E-state index is 12.7. The summed E-state index contributed by atoms with van der Waals surface area (Å²) in [6.45, 7) is 4.65. The van der Waals surface area contributed by atoms with Crippen molar-refractivity contribution in [3.63, 3.8) is 0 Å². The maximum absolute atomic E-state index is 12.7. The van der Waals surface area contributed by atoms with Crippen molar-refractivity contribution in [1.82, 2.24) is 19.4 Å². The first-order valence-electron chi connectivity index (χ1n) is 9.07. The maximum Gasteiger partial charge on any atom is 0.272 e. The number of benzene rings is 1. The molecule has 0 N–H and O–H groups in total. The fourth-order valence-corrected chi connectivity index (χ4v) is 3.52. The molecule has 0 radical (unpaired) electrons. The second kappa shape index (κ2) is 7.37. The Morgan fingerprint density at radius 1 is 1.19 bits per heavy atom. The van der Waals surface area contributed by atoms with Crippen molar-refractivity contribution in [1.29, 1.82) is 0 Å². The van der Waals surface area contributed by atoms with Crippen molar-refractivity contribution in [2.24, 2.45) is 7.05 Å². The van der Waals surface area contributed by atoms with Crippen LogP contribution in [0.4, 0.5) is 0 Å². The number of nitrogens with zero attached hydrogens (tertiary/aromatic N) is 4. The van der Waals surface area contributed by atoms with Gasteiger partial charge in [0.2, 0.25) is 0 Å². The van der Waals surface area contributed by atoms with Gasteiger partial charge >= 0.3 is 0 Å². The normalized spacial score (nSPS) is 20.7. The van der Waals surface area contributed by atoms with Crippen molar-refractivity contribution in [2.75, 3.05) is 39.3 Å². The number of rotatable bonds is 3. The standard InChI is InChI=1S/C19H24N4O3/c1-21-14-20-11-16(21)19(24)23-8-4-7-22(9-10-23)12-15-13-25-17-5-2-3-6-18(17)26-15/h2-3,5-6,11,14-15H,4,7-10,12-13H2,1H3. The van der Waals surface area contributed by atoms with E-state index in [0.717, 1.165) is 44.1 Å². The Hall–Kier alpha value is -2.54. The summed E-state index contributed by atoms with van der Waals surface area (Å²) in [6.07, 6.45) is 4.27. The van der Waals surface area contributed by atoms with Crippen LogP contribution in [0.15, 0.2) is 36.8 Å². The summed E-state index contributed by atoms with van der Waals surface area (Å²) in [5, 5.41) is 0. The summed E-state index contributed by atoms with van der Waals surface area (Å²) in [7, 11) is 1.85. The third kappa shape index (κ3) is 3.53. The van der Waals surface area contributed by atoms with Crippen LogP contribution in [0.25, 0.3) is 0 Å². The smallest absolute Gasteiger partial charge is 0.272 e. The Labute approximate surface area is 153 Å². The van der Waals surface area contributed by atoms with Crippen molar-refractivity contribution in [2.45, 2.75) is 12.5 Å². The van der Waals surface area contributed by atoms with Crippen molar-refractivity contribution in [3.05, 3.63) is 42.5 Å². The molecule has 0 spiro atoms. The van der Waals surface area contributed by atoms with Gasteiger partial charge in [0, 0.05) is 39.8 Å². The number of fused-ring (bicyclic) bond motifs is 1. The van der Waals surface area contributed by atoms with Crippen LogP contribution in [0.5, 0.6) is 11.5 Å². The minimum atomic E-state index is 0.0178. The van der Waals surface area contributed by atoms with Gasteiger partial charge in [-0.25, -0.2) is 4.98 Å². The van der Waals surface area contributed by atoms with Crippen LogP contribution in [-0.2, 0) is 7.05 Å². The first-order chi connectivity index (χ1) is 12.7. The Balaban J connectivity index is 1.33. The number of hydrogen-bond donors (Lipinski definition) is 0. The van der Waals surface area contributed by atoms with E-state index in [1.807, 2.05) is 36.2 Å². The molecule has 7 heteroatoms. The summed E-state index contributed by atoms with van der Waals surface area (Å²) in [5.41, 5.74) is 0.638. The minimum absolute atomic E-state index is 0.0178. The van der Waals surface area contributed by atoms with E-state index in [9.17, 15) is 4.79 Å². The van der Waals surface area contributed by atoms with Crippen LogP contribution in [-0.4, -0.2) is 70.7 Å². The van der Waals surface area contributed by atoms with Gasteiger partial charge in [-0.05, 0) is 18.6 Å². The van der Waals surface area contributed by atoms with Gasteiger partial charge in [-0.15, -0.1) is 0 Å². The molecule has 3 heterocycles. The molecule has 26 heavy (non-hydrogen) atoms. The number of para-hydroxylation sites is 2. The zero-order valence-electron chi connectivity index (χ0n) is 15.0. The molecule has 4 rings (SSSR count). The summed E-state index contributed by atoms with van der Waals surface area (Å²) >= 11 is 0. The van der Waals surface area contributed by atoms with Gasteiger partial charge in [-0.1, -0.05) is 12.1 Å². The molecular formula is C19H24N4O3. The van der Waals surface area contributed by atoms with E-state index in [1.165, 1.54) is 0 Å². The van der Waals surface area contributed by atoms with Crippen LogP contribution in [0.1, 0.15) is 16.9 Å². The largest absolute Gasteiger partial charge is 0.486 e. The number of aromatic nitrogens is 2. The van der Waals surface area contributed by atoms with Gasteiger partial charge in [-0.2, -0.15) is 0 Å². The number of hydrogen-bond acceptors (Lipinski definition) is 5. The van der Waals surface area contributed by atoms with Crippen LogP contribution in [0, 0.1) is 0 Å². The highest BCUT2D eigenvalue weighted by Gasteiger charge is 2.26. The molecule has 1 saturated heterocycles. The van der Waals surface area contributed by atoms with Crippen molar-refractivity contribution >= 4 is 5.91 Å². The Morgan fingerprint density at radius 2 is 2.04 bits per heavy atom. The highest BCUT2D eigenvalue weighted by Crippen LogP contribution is 2.31. The van der Waals surface area contributed by atoms with Gasteiger partial charge in [0.1, 0.15) is 18.4 Å². The van der Waals surface area contributed by atoms with Crippen molar-refractivity contribution < 1.29 is 14.3 Å². The lowest BCUT2D eigenvalue weighted by Crippen LogP contribution is -2.42. The predicted molar refractivity (Wildman–Crippen MR) is 96.5 cm³/mol. The molecule has 0 saturated carbocycles. The number of carbonyl (C=O) groups is 1. The number of aryl methyl sites for hydroxylation is 1. The molecule has 1 amide bonds. The number of carbonyl (C=O) groups excluding carboxylic acids is 1. The average Bonchev–Trinajstić information content (AvgIpc) is 2.95. The number of amides is 1. The Bertz CT molecular complexity index is 776. The molecule has 2 aliphatic rings. The lowest BCUT2D eigenvalue weighted by Gasteiger charge is -2.30. The zero-order valence-corrected chi connectivity index (χ0v) is 15.0. The van der Waals surface area contributed by atoms with Gasteiger partial charge in [0.05, 0.1) is 12.5 Å². The van der Waals surface area contributed by atoms with E-state index in [4.69, 9.17) is 9.47 Å². The van der Waals surface area contributed by atoms with E-state index < -0.39 is 0 Å². The van der Waals surface area contributed by atoms with Crippen LogP contribution >= 0.6 is 0 Å². The van der Waals surface area contributed by atoms with Crippen molar-refractivity contribution in [3.8, 4) is 11.5 Å². The Kier molecular flexibility index (Phi) is 4.79. The topological polar surface area (TPSA) is 59.8 Å². The van der Waals surface area contributed by atoms with Crippen LogP contribution in [0.2, 0.25) is 0 Å². The lowest BCUT2D eigenvalue weighted by atomic mass is 10.2. The molecule has 1 atom stereocenters. The quantitative estimate of drug-likeness (QED) is 0.832. The molecule has 2 aliphatic heterocycles. The molecule has 1 aromatic heterocycles. The zero-order chi connectivity index (χ0) is 17.9. The van der Waals surface area contributed by atoms with E-state index >= 15 is 0 Å². The molecule has 2 aromatic rings. The van der Waals surface area contributed by atoms with E-state index in [0.29, 0.717) is 18.8 Å². The van der Waals surface area contributed by atoms with E-state index in [-0.39, 0.29) is 12.0 Å². The summed E-state index contributed by atoms with van der Waals surface area (Å²) in [5.74, 6) is 1.68. The minimum Gasteiger partial charge on any atom is -0.486 e. The van der Waals surface area contributed by atoms with Crippen LogP contribution < -0.4 is 9.47 Å². The molecule has 1 fully saturated rings. The third-order valence-corrected chi connectivity index (χ3v) is 4.94. The predicted octanol–water partition coefficient (Wildman–Crippen LogP) is 1.41. The first kappa shape index (κ1) is 16.9. The first-order valence-corrected chi connectivity index (χ1v) is 9.07. The highest BCUT2D eigenvalue weighted by molar-refractivity contribution is 5.92. The van der Waals surface area contributed by atoms with E-state index in [1.54, 1.807) is 17.1 Å². The number of ether oxygens (including phenoxy) is 2. The second-order valence-electron chi connectivity index (χ2n) is 6.83. The summed E-state index contributed by atoms with van der Waals surface area (Å²) < 4.78 is 13.6. The lowest BCUT2D eigenvalue weighted by molar-refractivity contribution is 0.0587. The van der Waals surface area contributed by atoms with E-state index in [2.05, 4.69) is 9.88 Å². The highest BCUT2D eigenvalue weighted by atomic mass is 16.6. The monoisotopic (exact) mass is 356 g/mol.